The molecular weight excluding hydrogens is 242 g/mol. The summed E-state index contributed by atoms with van der Waals surface area (Å²) in [6.07, 6.45) is 5.13. The molecule has 3 rings (SSSR count). The van der Waals surface area contributed by atoms with Gasteiger partial charge in [-0.25, -0.2) is 0 Å². The number of fused-ring (bicyclic) bond motifs is 1. The molecule has 0 radical (unpaired) electrons. The zero-order valence-corrected chi connectivity index (χ0v) is 12.6. The Kier molecular flexibility index (Phi) is 3.55. The van der Waals surface area contributed by atoms with Crippen molar-refractivity contribution in [1.29, 1.82) is 0 Å². The van der Waals surface area contributed by atoms with Crippen molar-refractivity contribution in [3.8, 4) is 0 Å². The first-order chi connectivity index (χ1) is 9.57. The average Bonchev–Trinajstić information content (AvgIpc) is 2.46. The molecule has 1 saturated carbocycles. The van der Waals surface area contributed by atoms with Crippen molar-refractivity contribution in [2.24, 2.45) is 17.1 Å². The Morgan fingerprint density at radius 2 is 1.65 bits per heavy atom. The standard InChI is InChI=1S/C19H25N/c1-19(2)12-10-15(11-13-19)18(20)17-9-5-7-14-6-3-4-8-16(14)17/h3-9,15,18H,10-13,20H2,1-2H3. The smallest absolute Gasteiger partial charge is 0.0329 e. The molecule has 0 aromatic heterocycles. The first kappa shape index (κ1) is 13.6. The summed E-state index contributed by atoms with van der Waals surface area (Å²) in [4.78, 5) is 0. The van der Waals surface area contributed by atoms with Crippen LogP contribution in [0.15, 0.2) is 42.5 Å². The van der Waals surface area contributed by atoms with Gasteiger partial charge in [-0.2, -0.15) is 0 Å². The van der Waals surface area contributed by atoms with Gasteiger partial charge in [0.05, 0.1) is 0 Å². The van der Waals surface area contributed by atoms with Crippen molar-refractivity contribution in [1.82, 2.24) is 0 Å². The van der Waals surface area contributed by atoms with E-state index in [4.69, 9.17) is 5.73 Å². The summed E-state index contributed by atoms with van der Waals surface area (Å²) in [5, 5.41) is 2.63. The fourth-order valence-corrected chi connectivity index (χ4v) is 3.58. The molecule has 1 nitrogen and oxygen atoms in total. The van der Waals surface area contributed by atoms with E-state index in [9.17, 15) is 0 Å². The van der Waals surface area contributed by atoms with Gasteiger partial charge in [0.25, 0.3) is 0 Å². The molecule has 1 aliphatic rings. The number of nitrogens with two attached hydrogens (primary N) is 1. The summed E-state index contributed by atoms with van der Waals surface area (Å²) >= 11 is 0. The van der Waals surface area contributed by atoms with E-state index >= 15 is 0 Å². The van der Waals surface area contributed by atoms with Crippen molar-refractivity contribution in [2.45, 2.75) is 45.6 Å². The topological polar surface area (TPSA) is 26.0 Å². The minimum Gasteiger partial charge on any atom is -0.324 e. The lowest BCUT2D eigenvalue weighted by Gasteiger charge is -2.37. The maximum absolute atomic E-state index is 6.62. The zero-order valence-electron chi connectivity index (χ0n) is 12.6. The van der Waals surface area contributed by atoms with Gasteiger partial charge in [-0.05, 0) is 53.4 Å². The van der Waals surface area contributed by atoms with Crippen molar-refractivity contribution >= 4 is 10.8 Å². The second-order valence-electron chi connectivity index (χ2n) is 7.10. The van der Waals surface area contributed by atoms with Crippen LogP contribution < -0.4 is 5.73 Å². The molecule has 0 bridgehead atoms. The van der Waals surface area contributed by atoms with Crippen LogP contribution in [0.5, 0.6) is 0 Å². The van der Waals surface area contributed by atoms with Gasteiger partial charge in [0.2, 0.25) is 0 Å². The van der Waals surface area contributed by atoms with E-state index in [2.05, 4.69) is 56.3 Å². The predicted molar refractivity (Wildman–Crippen MR) is 86.6 cm³/mol. The molecule has 106 valence electrons. The van der Waals surface area contributed by atoms with Crippen LogP contribution in [0.4, 0.5) is 0 Å². The molecule has 0 amide bonds. The summed E-state index contributed by atoms with van der Waals surface area (Å²) < 4.78 is 0. The largest absolute Gasteiger partial charge is 0.324 e. The number of rotatable bonds is 2. The van der Waals surface area contributed by atoms with E-state index in [1.54, 1.807) is 0 Å². The first-order valence-electron chi connectivity index (χ1n) is 7.80. The summed E-state index contributed by atoms with van der Waals surface area (Å²) in [5.41, 5.74) is 8.46. The second-order valence-corrected chi connectivity index (χ2v) is 7.10. The van der Waals surface area contributed by atoms with Gasteiger partial charge < -0.3 is 5.73 Å². The minimum absolute atomic E-state index is 0.178. The van der Waals surface area contributed by atoms with E-state index in [1.807, 2.05) is 0 Å². The Morgan fingerprint density at radius 1 is 1.00 bits per heavy atom. The SMILES string of the molecule is CC1(C)CCC(C(N)c2cccc3ccccc23)CC1. The van der Waals surface area contributed by atoms with Gasteiger partial charge in [0.15, 0.2) is 0 Å². The molecule has 2 aromatic carbocycles. The molecule has 1 aliphatic carbocycles. The lowest BCUT2D eigenvalue weighted by Crippen LogP contribution is -2.29. The first-order valence-corrected chi connectivity index (χ1v) is 7.80. The van der Waals surface area contributed by atoms with Gasteiger partial charge in [0.1, 0.15) is 0 Å². The Labute approximate surface area is 122 Å². The highest BCUT2D eigenvalue weighted by Gasteiger charge is 2.30. The summed E-state index contributed by atoms with van der Waals surface area (Å²) in [5.74, 6) is 0.633. The zero-order chi connectivity index (χ0) is 14.2. The van der Waals surface area contributed by atoms with E-state index in [0.29, 0.717) is 11.3 Å². The Balaban J connectivity index is 1.88. The van der Waals surface area contributed by atoms with E-state index in [1.165, 1.54) is 42.0 Å². The van der Waals surface area contributed by atoms with Crippen LogP contribution in [0, 0.1) is 11.3 Å². The molecule has 20 heavy (non-hydrogen) atoms. The van der Waals surface area contributed by atoms with Crippen LogP contribution in [0.3, 0.4) is 0 Å². The monoisotopic (exact) mass is 267 g/mol. The van der Waals surface area contributed by atoms with Crippen LogP contribution in [-0.4, -0.2) is 0 Å². The van der Waals surface area contributed by atoms with Crippen molar-refractivity contribution in [2.75, 3.05) is 0 Å². The normalized spacial score (nSPS) is 20.9. The predicted octanol–water partition coefficient (Wildman–Crippen LogP) is 5.06. The third kappa shape index (κ3) is 2.60. The third-order valence-corrected chi connectivity index (χ3v) is 5.07. The molecule has 0 saturated heterocycles. The van der Waals surface area contributed by atoms with Gasteiger partial charge in [0, 0.05) is 6.04 Å². The molecule has 1 heteroatoms. The summed E-state index contributed by atoms with van der Waals surface area (Å²) in [6, 6.07) is 15.3. The molecule has 1 atom stereocenters. The van der Waals surface area contributed by atoms with E-state index < -0.39 is 0 Å². The number of benzene rings is 2. The Hall–Kier alpha value is -1.34. The van der Waals surface area contributed by atoms with Gasteiger partial charge >= 0.3 is 0 Å². The van der Waals surface area contributed by atoms with Crippen molar-refractivity contribution < 1.29 is 0 Å². The van der Waals surface area contributed by atoms with Crippen molar-refractivity contribution in [3.63, 3.8) is 0 Å². The summed E-state index contributed by atoms with van der Waals surface area (Å²) in [7, 11) is 0. The second kappa shape index (κ2) is 5.21. The molecule has 2 aromatic rings. The molecule has 1 fully saturated rings. The van der Waals surface area contributed by atoms with Gasteiger partial charge in [-0.15, -0.1) is 0 Å². The molecule has 0 aliphatic heterocycles. The van der Waals surface area contributed by atoms with Gasteiger partial charge in [-0.3, -0.25) is 0 Å². The van der Waals surface area contributed by atoms with Crippen molar-refractivity contribution in [3.05, 3.63) is 48.0 Å². The highest BCUT2D eigenvalue weighted by atomic mass is 14.7. The molecular formula is C19H25N. The maximum atomic E-state index is 6.62. The molecule has 0 spiro atoms. The van der Waals surface area contributed by atoms with Crippen LogP contribution in [-0.2, 0) is 0 Å². The van der Waals surface area contributed by atoms with Crippen LogP contribution in [0.1, 0.15) is 51.1 Å². The van der Waals surface area contributed by atoms with Crippen LogP contribution in [0.25, 0.3) is 10.8 Å². The third-order valence-electron chi connectivity index (χ3n) is 5.07. The molecule has 1 unspecified atom stereocenters. The van der Waals surface area contributed by atoms with E-state index in [0.717, 1.165) is 0 Å². The fourth-order valence-electron chi connectivity index (χ4n) is 3.58. The van der Waals surface area contributed by atoms with Crippen LogP contribution in [0.2, 0.25) is 0 Å². The molecule has 0 heterocycles. The maximum Gasteiger partial charge on any atom is 0.0329 e. The number of hydrogen-bond donors (Lipinski definition) is 1. The Morgan fingerprint density at radius 3 is 2.40 bits per heavy atom. The quantitative estimate of drug-likeness (QED) is 0.809. The molecule has 2 N–H and O–H groups in total. The fraction of sp³-hybridized carbons (Fsp3) is 0.474. The van der Waals surface area contributed by atoms with E-state index in [-0.39, 0.29) is 6.04 Å². The minimum atomic E-state index is 0.178. The lowest BCUT2D eigenvalue weighted by molar-refractivity contribution is 0.174. The van der Waals surface area contributed by atoms with Crippen LogP contribution >= 0.6 is 0 Å². The highest BCUT2D eigenvalue weighted by Crippen LogP contribution is 2.42. The summed E-state index contributed by atoms with van der Waals surface area (Å²) in [6.45, 7) is 4.76. The van der Waals surface area contributed by atoms with Gasteiger partial charge in [-0.1, -0.05) is 56.3 Å². The highest BCUT2D eigenvalue weighted by molar-refractivity contribution is 5.86. The lowest BCUT2D eigenvalue weighted by atomic mass is 9.70. The average molecular weight is 267 g/mol. The number of hydrogen-bond acceptors (Lipinski definition) is 1. The Bertz CT molecular complexity index is 584.